The Balaban J connectivity index is 2.32. The van der Waals surface area contributed by atoms with E-state index in [0.717, 1.165) is 12.8 Å². The molecule has 3 nitrogen and oxygen atoms in total. The number of hydrogen-bond donors (Lipinski definition) is 2. The Hall–Kier alpha value is -1.01. The molecule has 0 aromatic rings. The van der Waals surface area contributed by atoms with Crippen LogP contribution in [0.3, 0.4) is 0 Å². The molecule has 0 aliphatic heterocycles. The van der Waals surface area contributed by atoms with Gasteiger partial charge < -0.3 is 11.1 Å². The van der Waals surface area contributed by atoms with Gasteiger partial charge in [-0.3, -0.25) is 4.79 Å². The fraction of sp³-hybridized carbons (Fsp3) is 0.750. The number of nitrogens with two attached hydrogens (primary N) is 1. The molecule has 1 saturated carbocycles. The van der Waals surface area contributed by atoms with Crippen molar-refractivity contribution in [2.45, 2.75) is 45.1 Å². The van der Waals surface area contributed by atoms with Crippen molar-refractivity contribution in [3.8, 4) is 12.3 Å². The van der Waals surface area contributed by atoms with Gasteiger partial charge in [0.2, 0.25) is 5.91 Å². The van der Waals surface area contributed by atoms with Gasteiger partial charge in [0.25, 0.3) is 0 Å². The topological polar surface area (TPSA) is 55.1 Å². The molecule has 1 aliphatic carbocycles. The summed E-state index contributed by atoms with van der Waals surface area (Å²) in [5, 5.41) is 2.90. The molecule has 3 N–H and O–H groups in total. The summed E-state index contributed by atoms with van der Waals surface area (Å²) in [6.45, 7) is 2.54. The van der Waals surface area contributed by atoms with Crippen LogP contribution in [0.4, 0.5) is 0 Å². The lowest BCUT2D eigenvalue weighted by Crippen LogP contribution is -2.43. The molecule has 0 radical (unpaired) electrons. The molecule has 1 fully saturated rings. The van der Waals surface area contributed by atoms with Gasteiger partial charge in [-0.05, 0) is 31.7 Å². The number of terminal acetylenes is 1. The average Bonchev–Trinajstić information content (AvgIpc) is 2.11. The maximum atomic E-state index is 11.7. The van der Waals surface area contributed by atoms with Crippen molar-refractivity contribution in [2.75, 3.05) is 6.54 Å². The molecular weight excluding hydrogens is 188 g/mol. The van der Waals surface area contributed by atoms with Crippen LogP contribution < -0.4 is 11.1 Å². The molecule has 0 spiro atoms. The Morgan fingerprint density at radius 2 is 2.33 bits per heavy atom. The van der Waals surface area contributed by atoms with E-state index in [1.165, 1.54) is 6.42 Å². The fourth-order valence-corrected chi connectivity index (χ4v) is 2.02. The molecule has 1 amide bonds. The van der Waals surface area contributed by atoms with Gasteiger partial charge in [0.1, 0.15) is 0 Å². The summed E-state index contributed by atoms with van der Waals surface area (Å²) in [7, 11) is 0. The Morgan fingerprint density at radius 3 is 2.73 bits per heavy atom. The van der Waals surface area contributed by atoms with Crippen molar-refractivity contribution in [1.29, 1.82) is 0 Å². The highest BCUT2D eigenvalue weighted by Gasteiger charge is 2.37. The third-order valence-electron chi connectivity index (χ3n) is 3.21. The maximum absolute atomic E-state index is 11.7. The van der Waals surface area contributed by atoms with E-state index < -0.39 is 0 Å². The average molecular weight is 208 g/mol. The highest BCUT2D eigenvalue weighted by atomic mass is 16.1. The van der Waals surface area contributed by atoms with Gasteiger partial charge in [-0.25, -0.2) is 0 Å². The predicted octanol–water partition coefficient (Wildman–Crippen LogP) is 1.03. The Labute approximate surface area is 91.8 Å². The highest BCUT2D eigenvalue weighted by molar-refractivity contribution is 5.77. The van der Waals surface area contributed by atoms with E-state index in [4.69, 9.17) is 12.2 Å². The summed E-state index contributed by atoms with van der Waals surface area (Å²) in [5.41, 5.74) is 5.78. The lowest BCUT2D eigenvalue weighted by Gasteiger charge is -2.40. The lowest BCUT2D eigenvalue weighted by molar-refractivity contribution is -0.125. The summed E-state index contributed by atoms with van der Waals surface area (Å²) in [6.07, 6.45) is 9.68. The van der Waals surface area contributed by atoms with Crippen molar-refractivity contribution in [2.24, 2.45) is 11.1 Å². The van der Waals surface area contributed by atoms with Gasteiger partial charge in [-0.15, -0.1) is 12.3 Å². The van der Waals surface area contributed by atoms with Gasteiger partial charge in [-0.1, -0.05) is 6.42 Å². The third kappa shape index (κ3) is 3.24. The van der Waals surface area contributed by atoms with E-state index >= 15 is 0 Å². The van der Waals surface area contributed by atoms with Crippen molar-refractivity contribution in [3.63, 3.8) is 0 Å². The van der Waals surface area contributed by atoms with Gasteiger partial charge in [0.15, 0.2) is 0 Å². The van der Waals surface area contributed by atoms with Crippen molar-refractivity contribution >= 4 is 5.91 Å². The normalized spacial score (nSPS) is 19.8. The maximum Gasteiger partial charge on any atom is 0.220 e. The number of hydrogen-bond acceptors (Lipinski definition) is 2. The molecule has 0 aromatic heterocycles. The first kappa shape index (κ1) is 12.1. The van der Waals surface area contributed by atoms with Crippen LogP contribution in [0.25, 0.3) is 0 Å². The second-order valence-corrected chi connectivity index (χ2v) is 4.61. The fourth-order valence-electron chi connectivity index (χ4n) is 2.02. The monoisotopic (exact) mass is 208 g/mol. The minimum Gasteiger partial charge on any atom is -0.353 e. The van der Waals surface area contributed by atoms with Crippen LogP contribution in [0.15, 0.2) is 0 Å². The largest absolute Gasteiger partial charge is 0.353 e. The smallest absolute Gasteiger partial charge is 0.220 e. The predicted molar refractivity (Wildman–Crippen MR) is 61.0 cm³/mol. The minimum atomic E-state index is 0.0670. The number of carbonyl (C=O) groups excluding carboxylic acids is 1. The minimum absolute atomic E-state index is 0.0670. The van der Waals surface area contributed by atoms with Gasteiger partial charge >= 0.3 is 0 Å². The summed E-state index contributed by atoms with van der Waals surface area (Å²) < 4.78 is 0. The molecule has 3 heteroatoms. The number of amides is 1. The number of rotatable bonds is 5. The Bertz CT molecular complexity index is 258. The first-order chi connectivity index (χ1) is 7.12. The third-order valence-corrected chi connectivity index (χ3v) is 3.21. The molecule has 0 bridgehead atoms. The van der Waals surface area contributed by atoms with Crippen LogP contribution >= 0.6 is 0 Å². The second kappa shape index (κ2) is 5.18. The molecule has 1 aliphatic rings. The van der Waals surface area contributed by atoms with Crippen molar-refractivity contribution in [3.05, 3.63) is 0 Å². The molecule has 1 rings (SSSR count). The quantitative estimate of drug-likeness (QED) is 0.663. The van der Waals surface area contributed by atoms with Gasteiger partial charge in [-0.2, -0.15) is 0 Å². The van der Waals surface area contributed by atoms with E-state index in [1.807, 2.05) is 6.92 Å². The SMILES string of the molecule is C#CCC(C)NC(=O)CC1(CN)CCC1. The molecule has 0 aromatic carbocycles. The second-order valence-electron chi connectivity index (χ2n) is 4.61. The molecular formula is C12H20N2O. The Morgan fingerprint density at radius 1 is 1.67 bits per heavy atom. The zero-order valence-electron chi connectivity index (χ0n) is 9.38. The number of carbonyl (C=O) groups is 1. The summed E-state index contributed by atoms with van der Waals surface area (Å²) in [5.74, 6) is 2.62. The standard InChI is InChI=1S/C12H20N2O/c1-3-5-10(2)14-11(15)8-12(9-13)6-4-7-12/h1,10H,4-9,13H2,2H3,(H,14,15). The van der Waals surface area contributed by atoms with E-state index in [9.17, 15) is 4.79 Å². The van der Waals surface area contributed by atoms with E-state index in [-0.39, 0.29) is 17.4 Å². The Kier molecular flexibility index (Phi) is 4.16. The zero-order valence-corrected chi connectivity index (χ0v) is 9.38. The van der Waals surface area contributed by atoms with Gasteiger partial charge in [0.05, 0.1) is 0 Å². The zero-order chi connectivity index (χ0) is 11.3. The molecule has 1 atom stereocenters. The molecule has 0 saturated heterocycles. The summed E-state index contributed by atoms with van der Waals surface area (Å²) in [4.78, 5) is 11.7. The van der Waals surface area contributed by atoms with Crippen LogP contribution in [-0.2, 0) is 4.79 Å². The molecule has 0 heterocycles. The van der Waals surface area contributed by atoms with E-state index in [2.05, 4.69) is 11.2 Å². The summed E-state index contributed by atoms with van der Waals surface area (Å²) in [6, 6.07) is 0.0670. The molecule has 1 unspecified atom stereocenters. The van der Waals surface area contributed by atoms with Crippen molar-refractivity contribution < 1.29 is 4.79 Å². The first-order valence-electron chi connectivity index (χ1n) is 5.55. The van der Waals surface area contributed by atoms with E-state index in [1.54, 1.807) is 0 Å². The van der Waals surface area contributed by atoms with Crippen LogP contribution in [0.2, 0.25) is 0 Å². The molecule has 15 heavy (non-hydrogen) atoms. The van der Waals surface area contributed by atoms with Crippen LogP contribution in [0, 0.1) is 17.8 Å². The van der Waals surface area contributed by atoms with Crippen LogP contribution in [0.1, 0.15) is 39.0 Å². The van der Waals surface area contributed by atoms with E-state index in [0.29, 0.717) is 19.4 Å². The van der Waals surface area contributed by atoms with Crippen molar-refractivity contribution in [1.82, 2.24) is 5.32 Å². The van der Waals surface area contributed by atoms with Crippen LogP contribution in [0.5, 0.6) is 0 Å². The lowest BCUT2D eigenvalue weighted by atomic mass is 9.66. The van der Waals surface area contributed by atoms with Crippen LogP contribution in [-0.4, -0.2) is 18.5 Å². The first-order valence-corrected chi connectivity index (χ1v) is 5.55. The number of nitrogens with one attached hydrogen (secondary N) is 1. The summed E-state index contributed by atoms with van der Waals surface area (Å²) >= 11 is 0. The van der Waals surface area contributed by atoms with Gasteiger partial charge in [0, 0.05) is 18.9 Å². The highest BCUT2D eigenvalue weighted by Crippen LogP contribution is 2.42. The molecule has 84 valence electrons.